The summed E-state index contributed by atoms with van der Waals surface area (Å²) < 4.78 is 5.55. The third-order valence-corrected chi connectivity index (χ3v) is 4.14. The fourth-order valence-electron chi connectivity index (χ4n) is 2.55. The molecule has 2 N–H and O–H groups in total. The number of rotatable bonds is 6. The molecule has 1 aromatic carbocycles. The molecule has 0 radical (unpaired) electrons. The highest BCUT2D eigenvalue weighted by Gasteiger charge is 2.44. The molecule has 5 heteroatoms. The van der Waals surface area contributed by atoms with Crippen molar-refractivity contribution in [1.29, 1.82) is 0 Å². The minimum Gasteiger partial charge on any atom is -0.483 e. The number of carbonyl (C=O) groups excluding carboxylic acids is 1. The second-order valence-electron chi connectivity index (χ2n) is 5.73. The first-order chi connectivity index (χ1) is 9.94. The molecule has 0 spiro atoms. The van der Waals surface area contributed by atoms with Crippen molar-refractivity contribution < 1.29 is 19.4 Å². The van der Waals surface area contributed by atoms with Crippen molar-refractivity contribution in [1.82, 2.24) is 5.32 Å². The van der Waals surface area contributed by atoms with E-state index < -0.39 is 11.4 Å². The number of carboxylic acids is 1. The highest BCUT2D eigenvalue weighted by Crippen LogP contribution is 2.40. The summed E-state index contributed by atoms with van der Waals surface area (Å²) in [4.78, 5) is 23.0. The van der Waals surface area contributed by atoms with Gasteiger partial charge >= 0.3 is 5.97 Å². The number of aliphatic carboxylic acids is 1. The fraction of sp³-hybridized carbons (Fsp3) is 0.500. The van der Waals surface area contributed by atoms with E-state index in [0.29, 0.717) is 18.6 Å². The molecule has 1 aromatic rings. The molecule has 1 saturated carbocycles. The first kappa shape index (κ1) is 15.4. The molecule has 0 bridgehead atoms. The van der Waals surface area contributed by atoms with Gasteiger partial charge in [-0.25, -0.2) is 0 Å². The van der Waals surface area contributed by atoms with Crippen molar-refractivity contribution >= 4 is 11.9 Å². The minimum absolute atomic E-state index is 0.0958. The average Bonchev–Trinajstić information content (AvgIpc) is 2.36. The van der Waals surface area contributed by atoms with Gasteiger partial charge in [-0.15, -0.1) is 0 Å². The molecule has 0 aromatic heterocycles. The Morgan fingerprint density at radius 1 is 1.29 bits per heavy atom. The molecule has 1 aliphatic carbocycles. The first-order valence-electron chi connectivity index (χ1n) is 7.14. The largest absolute Gasteiger partial charge is 0.483 e. The standard InChI is InChI=1S/C16H21NO4/c1-11-5-3-6-12(2)14(11)21-9-13(18)17-10-16(15(19)20)7-4-8-16/h3,5-6H,4,7-10H2,1-2H3,(H,17,18)(H,19,20). The van der Waals surface area contributed by atoms with Gasteiger partial charge in [0.25, 0.3) is 5.91 Å². The van der Waals surface area contributed by atoms with E-state index in [9.17, 15) is 14.7 Å². The number of aryl methyl sites for hydroxylation is 2. The number of para-hydroxylation sites is 1. The first-order valence-corrected chi connectivity index (χ1v) is 7.14. The van der Waals surface area contributed by atoms with Gasteiger partial charge in [-0.05, 0) is 37.8 Å². The molecule has 0 saturated heterocycles. The third kappa shape index (κ3) is 3.35. The van der Waals surface area contributed by atoms with Gasteiger partial charge in [0.2, 0.25) is 0 Å². The highest BCUT2D eigenvalue weighted by molar-refractivity contribution is 5.80. The summed E-state index contributed by atoms with van der Waals surface area (Å²) in [6, 6.07) is 5.78. The predicted molar refractivity (Wildman–Crippen MR) is 78.3 cm³/mol. The van der Waals surface area contributed by atoms with Gasteiger partial charge in [0.1, 0.15) is 5.75 Å². The minimum atomic E-state index is -0.829. The summed E-state index contributed by atoms with van der Waals surface area (Å²) in [5, 5.41) is 11.9. The molecule has 5 nitrogen and oxygen atoms in total. The van der Waals surface area contributed by atoms with E-state index in [1.165, 1.54) is 0 Å². The number of hydrogen-bond acceptors (Lipinski definition) is 3. The monoisotopic (exact) mass is 291 g/mol. The van der Waals surface area contributed by atoms with Crippen LogP contribution >= 0.6 is 0 Å². The fourth-order valence-corrected chi connectivity index (χ4v) is 2.55. The lowest BCUT2D eigenvalue weighted by atomic mass is 9.69. The smallest absolute Gasteiger partial charge is 0.311 e. The molecule has 0 atom stereocenters. The van der Waals surface area contributed by atoms with E-state index >= 15 is 0 Å². The molecule has 0 aliphatic heterocycles. The van der Waals surface area contributed by atoms with Gasteiger partial charge < -0.3 is 15.2 Å². The second-order valence-corrected chi connectivity index (χ2v) is 5.73. The van der Waals surface area contributed by atoms with E-state index in [1.807, 2.05) is 32.0 Å². The van der Waals surface area contributed by atoms with Gasteiger partial charge in [-0.1, -0.05) is 24.6 Å². The van der Waals surface area contributed by atoms with Crippen LogP contribution in [0.4, 0.5) is 0 Å². The molecule has 114 valence electrons. The Labute approximate surface area is 124 Å². The quantitative estimate of drug-likeness (QED) is 0.841. The van der Waals surface area contributed by atoms with Crippen LogP contribution in [-0.4, -0.2) is 30.1 Å². The molecule has 0 unspecified atom stereocenters. The van der Waals surface area contributed by atoms with Crippen molar-refractivity contribution in [3.8, 4) is 5.75 Å². The highest BCUT2D eigenvalue weighted by atomic mass is 16.5. The van der Waals surface area contributed by atoms with E-state index in [2.05, 4.69) is 5.32 Å². The van der Waals surface area contributed by atoms with E-state index in [1.54, 1.807) is 0 Å². The molecule has 2 rings (SSSR count). The van der Waals surface area contributed by atoms with Gasteiger partial charge in [0.05, 0.1) is 5.41 Å². The number of benzene rings is 1. The van der Waals surface area contributed by atoms with Gasteiger partial charge in [0, 0.05) is 6.54 Å². The van der Waals surface area contributed by atoms with E-state index in [4.69, 9.17) is 4.74 Å². The number of amides is 1. The predicted octanol–water partition coefficient (Wildman–Crippen LogP) is 2.05. The van der Waals surface area contributed by atoms with Crippen molar-refractivity contribution in [3.63, 3.8) is 0 Å². The van der Waals surface area contributed by atoms with Crippen LogP contribution in [0.2, 0.25) is 0 Å². The Hall–Kier alpha value is -2.04. The third-order valence-electron chi connectivity index (χ3n) is 4.14. The van der Waals surface area contributed by atoms with Crippen molar-refractivity contribution in [2.24, 2.45) is 5.41 Å². The number of nitrogens with one attached hydrogen (secondary N) is 1. The molecular formula is C16H21NO4. The van der Waals surface area contributed by atoms with Crippen molar-refractivity contribution in [2.45, 2.75) is 33.1 Å². The molecule has 0 heterocycles. The summed E-state index contributed by atoms with van der Waals surface area (Å²) in [6.07, 6.45) is 2.15. The summed E-state index contributed by atoms with van der Waals surface area (Å²) in [5.74, 6) is -0.404. The number of carboxylic acid groups (broad SMARTS) is 1. The summed E-state index contributed by atoms with van der Waals surface area (Å²) in [5.41, 5.74) is 1.18. The van der Waals surface area contributed by atoms with Crippen LogP contribution < -0.4 is 10.1 Å². The van der Waals surface area contributed by atoms with Crippen LogP contribution in [0.25, 0.3) is 0 Å². The molecule has 1 aliphatic rings. The molecule has 1 amide bonds. The Kier molecular flexibility index (Phi) is 4.50. The maximum Gasteiger partial charge on any atom is 0.311 e. The summed E-state index contributed by atoms with van der Waals surface area (Å²) >= 11 is 0. The number of hydrogen-bond donors (Lipinski definition) is 2. The zero-order chi connectivity index (χ0) is 15.5. The zero-order valence-electron chi connectivity index (χ0n) is 12.4. The molecule has 21 heavy (non-hydrogen) atoms. The Morgan fingerprint density at radius 2 is 1.90 bits per heavy atom. The second kappa shape index (κ2) is 6.16. The van der Waals surface area contributed by atoms with Crippen LogP contribution in [0.15, 0.2) is 18.2 Å². The van der Waals surface area contributed by atoms with Gasteiger partial charge in [-0.2, -0.15) is 0 Å². The number of ether oxygens (including phenoxy) is 1. The van der Waals surface area contributed by atoms with Gasteiger partial charge in [0.15, 0.2) is 6.61 Å². The van der Waals surface area contributed by atoms with Crippen LogP contribution in [0.5, 0.6) is 5.75 Å². The number of carbonyl (C=O) groups is 2. The summed E-state index contributed by atoms with van der Waals surface area (Å²) in [6.45, 7) is 3.93. The lowest BCUT2D eigenvalue weighted by molar-refractivity contribution is -0.154. The van der Waals surface area contributed by atoms with E-state index in [0.717, 1.165) is 17.5 Å². The SMILES string of the molecule is Cc1cccc(C)c1OCC(=O)NCC1(C(=O)O)CCC1. The zero-order valence-corrected chi connectivity index (χ0v) is 12.4. The normalized spacial score (nSPS) is 15.9. The van der Waals surface area contributed by atoms with Crippen molar-refractivity contribution in [2.75, 3.05) is 13.2 Å². The van der Waals surface area contributed by atoms with Crippen molar-refractivity contribution in [3.05, 3.63) is 29.3 Å². The Bertz CT molecular complexity index is 529. The van der Waals surface area contributed by atoms with Crippen LogP contribution in [-0.2, 0) is 9.59 Å². The molecular weight excluding hydrogens is 270 g/mol. The van der Waals surface area contributed by atoms with Gasteiger partial charge in [-0.3, -0.25) is 9.59 Å². The topological polar surface area (TPSA) is 75.6 Å². The average molecular weight is 291 g/mol. The Morgan fingerprint density at radius 3 is 2.38 bits per heavy atom. The lowest BCUT2D eigenvalue weighted by Crippen LogP contribution is -2.48. The lowest BCUT2D eigenvalue weighted by Gasteiger charge is -2.37. The van der Waals surface area contributed by atoms with E-state index in [-0.39, 0.29) is 19.1 Å². The molecule has 1 fully saturated rings. The summed E-state index contributed by atoms with van der Waals surface area (Å²) in [7, 11) is 0. The Balaban J connectivity index is 1.84. The van der Waals surface area contributed by atoms with Crippen LogP contribution in [0.3, 0.4) is 0 Å². The van der Waals surface area contributed by atoms with Crippen LogP contribution in [0, 0.1) is 19.3 Å². The maximum atomic E-state index is 11.8. The maximum absolute atomic E-state index is 11.8. The van der Waals surface area contributed by atoms with Crippen LogP contribution in [0.1, 0.15) is 30.4 Å².